The van der Waals surface area contributed by atoms with Crippen molar-refractivity contribution in [3.8, 4) is 0 Å². The molecule has 2 fully saturated rings. The van der Waals surface area contributed by atoms with Gasteiger partial charge in [-0.3, -0.25) is 4.79 Å². The van der Waals surface area contributed by atoms with Gasteiger partial charge >= 0.3 is 0 Å². The summed E-state index contributed by atoms with van der Waals surface area (Å²) < 4.78 is 0. The SMILES string of the molecule is CC1CCC(C(=O)C2CCNCC2)CC1. The van der Waals surface area contributed by atoms with E-state index in [4.69, 9.17) is 0 Å². The average molecular weight is 209 g/mol. The summed E-state index contributed by atoms with van der Waals surface area (Å²) in [5.74, 6) is 2.22. The Kier molecular flexibility index (Phi) is 3.79. The van der Waals surface area contributed by atoms with Crippen LogP contribution in [0.5, 0.6) is 0 Å². The van der Waals surface area contributed by atoms with Crippen molar-refractivity contribution in [2.75, 3.05) is 13.1 Å². The Balaban J connectivity index is 1.84. The molecule has 2 nitrogen and oxygen atoms in total. The Hall–Kier alpha value is -0.370. The van der Waals surface area contributed by atoms with Gasteiger partial charge in [-0.05, 0) is 44.7 Å². The number of nitrogens with one attached hydrogen (secondary N) is 1. The zero-order valence-electron chi connectivity index (χ0n) is 9.80. The first-order valence-electron chi connectivity index (χ1n) is 6.52. The van der Waals surface area contributed by atoms with Crippen molar-refractivity contribution < 1.29 is 4.79 Å². The number of hydrogen-bond acceptors (Lipinski definition) is 2. The Morgan fingerprint density at radius 1 is 0.933 bits per heavy atom. The molecule has 0 amide bonds. The summed E-state index contributed by atoms with van der Waals surface area (Å²) in [6.07, 6.45) is 6.99. The largest absolute Gasteiger partial charge is 0.317 e. The van der Waals surface area contributed by atoms with Crippen LogP contribution < -0.4 is 5.32 Å². The van der Waals surface area contributed by atoms with Gasteiger partial charge in [0.15, 0.2) is 0 Å². The number of hydrogen-bond donors (Lipinski definition) is 1. The molecular formula is C13H23NO. The van der Waals surface area contributed by atoms with Gasteiger partial charge in [0.1, 0.15) is 5.78 Å². The fourth-order valence-electron chi connectivity index (χ4n) is 2.98. The second-order valence-corrected chi connectivity index (χ2v) is 5.38. The van der Waals surface area contributed by atoms with Gasteiger partial charge in [0.25, 0.3) is 0 Å². The summed E-state index contributed by atoms with van der Waals surface area (Å²) in [6, 6.07) is 0. The van der Waals surface area contributed by atoms with Crippen LogP contribution in [0.4, 0.5) is 0 Å². The van der Waals surface area contributed by atoms with Crippen molar-refractivity contribution in [2.45, 2.75) is 45.4 Å². The lowest BCUT2D eigenvalue weighted by molar-refractivity contribution is -0.128. The Morgan fingerprint density at radius 2 is 1.47 bits per heavy atom. The highest BCUT2D eigenvalue weighted by atomic mass is 16.1. The van der Waals surface area contributed by atoms with Gasteiger partial charge < -0.3 is 5.32 Å². The molecule has 1 saturated heterocycles. The molecule has 0 bridgehead atoms. The molecule has 1 heterocycles. The molecule has 0 radical (unpaired) electrons. The van der Waals surface area contributed by atoms with Crippen LogP contribution in [0.2, 0.25) is 0 Å². The highest BCUT2D eigenvalue weighted by molar-refractivity contribution is 5.83. The highest BCUT2D eigenvalue weighted by Crippen LogP contribution is 2.32. The Labute approximate surface area is 92.8 Å². The van der Waals surface area contributed by atoms with E-state index in [1.165, 1.54) is 12.8 Å². The maximum absolute atomic E-state index is 12.2. The summed E-state index contributed by atoms with van der Waals surface area (Å²) in [5, 5.41) is 3.33. The van der Waals surface area contributed by atoms with Gasteiger partial charge in [-0.2, -0.15) is 0 Å². The number of Topliss-reactive ketones (excluding diaryl/α,β-unsaturated/α-hetero) is 1. The van der Waals surface area contributed by atoms with E-state index in [-0.39, 0.29) is 0 Å². The molecule has 0 spiro atoms. The minimum atomic E-state index is 0.379. The molecule has 1 saturated carbocycles. The number of rotatable bonds is 2. The molecule has 1 aliphatic heterocycles. The van der Waals surface area contributed by atoms with Crippen LogP contribution in [-0.4, -0.2) is 18.9 Å². The quantitative estimate of drug-likeness (QED) is 0.756. The molecule has 2 heteroatoms. The molecule has 0 aromatic heterocycles. The van der Waals surface area contributed by atoms with E-state index >= 15 is 0 Å². The van der Waals surface area contributed by atoms with Crippen LogP contribution in [0.1, 0.15) is 45.4 Å². The zero-order chi connectivity index (χ0) is 10.7. The van der Waals surface area contributed by atoms with E-state index in [0.717, 1.165) is 44.7 Å². The van der Waals surface area contributed by atoms with Crippen molar-refractivity contribution in [3.05, 3.63) is 0 Å². The summed E-state index contributed by atoms with van der Waals surface area (Å²) in [7, 11) is 0. The monoisotopic (exact) mass is 209 g/mol. The van der Waals surface area contributed by atoms with Gasteiger partial charge in [-0.15, -0.1) is 0 Å². The third-order valence-corrected chi connectivity index (χ3v) is 4.16. The lowest BCUT2D eigenvalue weighted by atomic mass is 9.76. The van der Waals surface area contributed by atoms with Crippen molar-refractivity contribution in [2.24, 2.45) is 17.8 Å². The second kappa shape index (κ2) is 5.11. The Bertz CT molecular complexity index is 213. The van der Waals surface area contributed by atoms with E-state index < -0.39 is 0 Å². The normalized spacial score (nSPS) is 33.9. The predicted octanol–water partition coefficient (Wildman–Crippen LogP) is 2.38. The minimum Gasteiger partial charge on any atom is -0.317 e. The number of piperidine rings is 1. The third kappa shape index (κ3) is 2.81. The van der Waals surface area contributed by atoms with Gasteiger partial charge in [-0.25, -0.2) is 0 Å². The molecule has 0 aromatic carbocycles. The smallest absolute Gasteiger partial charge is 0.139 e. The van der Waals surface area contributed by atoms with Crippen LogP contribution in [0.3, 0.4) is 0 Å². The fraction of sp³-hybridized carbons (Fsp3) is 0.923. The van der Waals surface area contributed by atoms with Crippen LogP contribution in [-0.2, 0) is 4.79 Å². The van der Waals surface area contributed by atoms with E-state index in [1.54, 1.807) is 0 Å². The summed E-state index contributed by atoms with van der Waals surface area (Å²) >= 11 is 0. The van der Waals surface area contributed by atoms with Crippen molar-refractivity contribution in [1.29, 1.82) is 0 Å². The molecular weight excluding hydrogens is 186 g/mol. The summed E-state index contributed by atoms with van der Waals surface area (Å²) in [6.45, 7) is 4.39. The summed E-state index contributed by atoms with van der Waals surface area (Å²) in [4.78, 5) is 12.2. The molecule has 2 aliphatic rings. The molecule has 86 valence electrons. The standard InChI is InChI=1S/C13H23NO/c1-10-2-4-11(5-3-10)13(15)12-6-8-14-9-7-12/h10-12,14H,2-9H2,1H3. The number of carbonyl (C=O) groups is 1. The van der Waals surface area contributed by atoms with Crippen molar-refractivity contribution in [3.63, 3.8) is 0 Å². The molecule has 2 rings (SSSR count). The first-order chi connectivity index (χ1) is 7.27. The molecule has 1 aliphatic carbocycles. The van der Waals surface area contributed by atoms with Gasteiger partial charge in [0.2, 0.25) is 0 Å². The van der Waals surface area contributed by atoms with Crippen LogP contribution in [0, 0.1) is 17.8 Å². The Morgan fingerprint density at radius 3 is 2.07 bits per heavy atom. The molecule has 15 heavy (non-hydrogen) atoms. The maximum Gasteiger partial charge on any atom is 0.139 e. The van der Waals surface area contributed by atoms with E-state index in [2.05, 4.69) is 12.2 Å². The van der Waals surface area contributed by atoms with Crippen LogP contribution >= 0.6 is 0 Å². The van der Waals surface area contributed by atoms with Crippen molar-refractivity contribution in [1.82, 2.24) is 5.32 Å². The summed E-state index contributed by atoms with van der Waals surface area (Å²) in [5.41, 5.74) is 0. The lowest BCUT2D eigenvalue weighted by Gasteiger charge is -2.30. The second-order valence-electron chi connectivity index (χ2n) is 5.38. The molecule has 0 atom stereocenters. The van der Waals surface area contributed by atoms with Crippen LogP contribution in [0.25, 0.3) is 0 Å². The number of carbonyl (C=O) groups excluding carboxylic acids is 1. The van der Waals surface area contributed by atoms with Crippen LogP contribution in [0.15, 0.2) is 0 Å². The third-order valence-electron chi connectivity index (χ3n) is 4.16. The van der Waals surface area contributed by atoms with E-state index in [9.17, 15) is 4.79 Å². The van der Waals surface area contributed by atoms with Crippen molar-refractivity contribution >= 4 is 5.78 Å². The van der Waals surface area contributed by atoms with Gasteiger partial charge in [-0.1, -0.05) is 19.8 Å². The molecule has 0 aromatic rings. The highest BCUT2D eigenvalue weighted by Gasteiger charge is 2.30. The lowest BCUT2D eigenvalue weighted by Crippen LogP contribution is -2.35. The first kappa shape index (κ1) is 11.1. The predicted molar refractivity (Wildman–Crippen MR) is 61.7 cm³/mol. The molecule has 0 unspecified atom stereocenters. The van der Waals surface area contributed by atoms with Gasteiger partial charge in [0, 0.05) is 11.8 Å². The fourth-order valence-corrected chi connectivity index (χ4v) is 2.98. The van der Waals surface area contributed by atoms with E-state index in [0.29, 0.717) is 17.6 Å². The van der Waals surface area contributed by atoms with E-state index in [1.807, 2.05) is 0 Å². The zero-order valence-corrected chi connectivity index (χ0v) is 9.80. The molecule has 1 N–H and O–H groups in total. The maximum atomic E-state index is 12.2. The van der Waals surface area contributed by atoms with Gasteiger partial charge in [0.05, 0.1) is 0 Å². The first-order valence-corrected chi connectivity index (χ1v) is 6.52. The topological polar surface area (TPSA) is 29.1 Å². The minimum absolute atomic E-state index is 0.379. The average Bonchev–Trinajstić information content (AvgIpc) is 2.30. The number of ketones is 1.